The van der Waals surface area contributed by atoms with Gasteiger partial charge < -0.3 is 15.4 Å². The third-order valence-electron chi connectivity index (χ3n) is 3.54. The van der Waals surface area contributed by atoms with Crippen LogP contribution >= 0.6 is 0 Å². The molecule has 2 aliphatic rings. The summed E-state index contributed by atoms with van der Waals surface area (Å²) < 4.78 is 5.18. The Morgan fingerprint density at radius 1 is 1.29 bits per heavy atom. The highest BCUT2D eigenvalue weighted by atomic mass is 16.5. The van der Waals surface area contributed by atoms with Crippen LogP contribution in [0.1, 0.15) is 25.7 Å². The lowest BCUT2D eigenvalue weighted by atomic mass is 9.90. The molecule has 0 radical (unpaired) electrons. The first kappa shape index (κ1) is 10.4. The Kier molecular flexibility index (Phi) is 3.79. The van der Waals surface area contributed by atoms with E-state index < -0.39 is 0 Å². The van der Waals surface area contributed by atoms with Gasteiger partial charge in [0.15, 0.2) is 0 Å². The van der Waals surface area contributed by atoms with Crippen LogP contribution in [0.3, 0.4) is 0 Å². The minimum atomic E-state index is 0.591. The SMILES string of the molecule is COCC1CC(C2CCCCN2)CN1. The van der Waals surface area contributed by atoms with Crippen molar-refractivity contribution in [2.24, 2.45) is 5.92 Å². The monoisotopic (exact) mass is 198 g/mol. The molecule has 2 heterocycles. The molecule has 0 saturated carbocycles. The predicted octanol–water partition coefficient (Wildman–Crippen LogP) is 0.753. The highest BCUT2D eigenvalue weighted by Gasteiger charge is 2.30. The topological polar surface area (TPSA) is 33.3 Å². The number of hydrogen-bond acceptors (Lipinski definition) is 3. The Balaban J connectivity index is 1.76. The van der Waals surface area contributed by atoms with E-state index >= 15 is 0 Å². The van der Waals surface area contributed by atoms with Gasteiger partial charge in [-0.1, -0.05) is 6.42 Å². The van der Waals surface area contributed by atoms with Gasteiger partial charge in [-0.3, -0.25) is 0 Å². The molecule has 0 amide bonds. The van der Waals surface area contributed by atoms with Crippen LogP contribution in [-0.2, 0) is 4.74 Å². The zero-order valence-corrected chi connectivity index (χ0v) is 9.09. The van der Waals surface area contributed by atoms with Crippen LogP contribution in [0.5, 0.6) is 0 Å². The molecule has 0 spiro atoms. The first-order valence-electron chi connectivity index (χ1n) is 5.86. The van der Waals surface area contributed by atoms with E-state index in [4.69, 9.17) is 4.74 Å². The third kappa shape index (κ3) is 2.47. The smallest absolute Gasteiger partial charge is 0.0615 e. The van der Waals surface area contributed by atoms with Crippen LogP contribution in [0.25, 0.3) is 0 Å². The van der Waals surface area contributed by atoms with Gasteiger partial charge in [0.25, 0.3) is 0 Å². The molecule has 82 valence electrons. The van der Waals surface area contributed by atoms with E-state index in [1.54, 1.807) is 7.11 Å². The van der Waals surface area contributed by atoms with Gasteiger partial charge in [-0.25, -0.2) is 0 Å². The Morgan fingerprint density at radius 3 is 2.93 bits per heavy atom. The van der Waals surface area contributed by atoms with E-state index in [9.17, 15) is 0 Å². The second kappa shape index (κ2) is 5.10. The van der Waals surface area contributed by atoms with Crippen LogP contribution in [-0.4, -0.2) is 38.9 Å². The van der Waals surface area contributed by atoms with E-state index in [0.717, 1.165) is 18.6 Å². The molecule has 2 rings (SSSR count). The lowest BCUT2D eigenvalue weighted by molar-refractivity contribution is 0.170. The lowest BCUT2D eigenvalue weighted by Crippen LogP contribution is -2.40. The highest BCUT2D eigenvalue weighted by Crippen LogP contribution is 2.23. The number of piperidine rings is 1. The molecule has 2 aliphatic heterocycles. The van der Waals surface area contributed by atoms with Crippen molar-refractivity contribution < 1.29 is 4.74 Å². The van der Waals surface area contributed by atoms with Crippen molar-refractivity contribution in [1.82, 2.24) is 10.6 Å². The Hall–Kier alpha value is -0.120. The van der Waals surface area contributed by atoms with Gasteiger partial charge in [-0.15, -0.1) is 0 Å². The summed E-state index contributed by atoms with van der Waals surface area (Å²) in [7, 11) is 1.79. The average Bonchev–Trinajstić information content (AvgIpc) is 2.68. The van der Waals surface area contributed by atoms with E-state index in [-0.39, 0.29) is 0 Å². The largest absolute Gasteiger partial charge is 0.383 e. The van der Waals surface area contributed by atoms with Gasteiger partial charge in [0.2, 0.25) is 0 Å². The third-order valence-corrected chi connectivity index (χ3v) is 3.54. The number of methoxy groups -OCH3 is 1. The van der Waals surface area contributed by atoms with Crippen molar-refractivity contribution in [3.63, 3.8) is 0 Å². The Labute approximate surface area is 86.6 Å². The van der Waals surface area contributed by atoms with Crippen molar-refractivity contribution in [1.29, 1.82) is 0 Å². The van der Waals surface area contributed by atoms with Crippen LogP contribution < -0.4 is 10.6 Å². The zero-order chi connectivity index (χ0) is 9.80. The molecule has 3 atom stereocenters. The van der Waals surface area contributed by atoms with Gasteiger partial charge in [-0.05, 0) is 38.3 Å². The van der Waals surface area contributed by atoms with Gasteiger partial charge >= 0.3 is 0 Å². The molecule has 0 bridgehead atoms. The van der Waals surface area contributed by atoms with Crippen LogP contribution in [0.4, 0.5) is 0 Å². The summed E-state index contributed by atoms with van der Waals surface area (Å²) in [5.41, 5.74) is 0. The van der Waals surface area contributed by atoms with E-state index in [2.05, 4.69) is 10.6 Å². The van der Waals surface area contributed by atoms with Crippen LogP contribution in [0, 0.1) is 5.92 Å². The molecule has 0 aromatic heterocycles. The molecule has 2 saturated heterocycles. The molecular formula is C11H22N2O. The normalized spacial score (nSPS) is 38.8. The summed E-state index contributed by atoms with van der Waals surface area (Å²) >= 11 is 0. The maximum atomic E-state index is 5.18. The fourth-order valence-electron chi connectivity index (χ4n) is 2.77. The van der Waals surface area contributed by atoms with E-state index in [1.165, 1.54) is 38.8 Å². The number of ether oxygens (including phenoxy) is 1. The molecular weight excluding hydrogens is 176 g/mol. The fourth-order valence-corrected chi connectivity index (χ4v) is 2.77. The summed E-state index contributed by atoms with van der Waals surface area (Å²) in [6, 6.07) is 1.35. The van der Waals surface area contributed by atoms with E-state index in [0.29, 0.717) is 6.04 Å². The maximum Gasteiger partial charge on any atom is 0.0615 e. The van der Waals surface area contributed by atoms with Crippen molar-refractivity contribution in [3.05, 3.63) is 0 Å². The first-order chi connectivity index (χ1) is 6.90. The summed E-state index contributed by atoms with van der Waals surface area (Å²) in [5.74, 6) is 0.829. The molecule has 2 N–H and O–H groups in total. The molecule has 0 aliphatic carbocycles. The standard InChI is InChI=1S/C11H22N2O/c1-14-8-10-6-9(7-13-10)11-4-2-3-5-12-11/h9-13H,2-8H2,1H3. The number of hydrogen-bond donors (Lipinski definition) is 2. The van der Waals surface area contributed by atoms with E-state index in [1.807, 2.05) is 0 Å². The Bertz CT molecular complexity index is 169. The van der Waals surface area contributed by atoms with Crippen LogP contribution in [0.15, 0.2) is 0 Å². The molecule has 2 fully saturated rings. The van der Waals surface area contributed by atoms with Crippen molar-refractivity contribution >= 4 is 0 Å². The summed E-state index contributed by atoms with van der Waals surface area (Å²) in [6.07, 6.45) is 5.42. The van der Waals surface area contributed by atoms with Gasteiger partial charge in [0.1, 0.15) is 0 Å². The molecule has 3 unspecified atom stereocenters. The summed E-state index contributed by atoms with van der Waals surface area (Å²) in [6.45, 7) is 3.25. The maximum absolute atomic E-state index is 5.18. The van der Waals surface area contributed by atoms with Crippen LogP contribution in [0.2, 0.25) is 0 Å². The van der Waals surface area contributed by atoms with Crippen molar-refractivity contribution in [3.8, 4) is 0 Å². The van der Waals surface area contributed by atoms with Crippen molar-refractivity contribution in [2.75, 3.05) is 26.8 Å². The zero-order valence-electron chi connectivity index (χ0n) is 9.09. The first-order valence-corrected chi connectivity index (χ1v) is 5.86. The molecule has 0 aromatic carbocycles. The van der Waals surface area contributed by atoms with Gasteiger partial charge in [0.05, 0.1) is 6.61 Å². The minimum Gasteiger partial charge on any atom is -0.383 e. The molecule has 3 heteroatoms. The lowest BCUT2D eigenvalue weighted by Gasteiger charge is -2.28. The van der Waals surface area contributed by atoms with Gasteiger partial charge in [-0.2, -0.15) is 0 Å². The summed E-state index contributed by atoms with van der Waals surface area (Å²) in [5, 5.41) is 7.18. The quantitative estimate of drug-likeness (QED) is 0.702. The average molecular weight is 198 g/mol. The molecule has 0 aromatic rings. The minimum absolute atomic E-state index is 0.591. The van der Waals surface area contributed by atoms with Gasteiger partial charge in [0, 0.05) is 19.2 Å². The summed E-state index contributed by atoms with van der Waals surface area (Å²) in [4.78, 5) is 0. The second-order valence-corrected chi connectivity index (χ2v) is 4.61. The second-order valence-electron chi connectivity index (χ2n) is 4.61. The molecule has 3 nitrogen and oxygen atoms in total. The van der Waals surface area contributed by atoms with Crippen molar-refractivity contribution in [2.45, 2.75) is 37.8 Å². The predicted molar refractivity (Wildman–Crippen MR) is 57.4 cm³/mol. The fraction of sp³-hybridized carbons (Fsp3) is 1.00. The number of nitrogens with one attached hydrogen (secondary N) is 2. The number of rotatable bonds is 3. The Morgan fingerprint density at radius 2 is 2.21 bits per heavy atom. The molecule has 14 heavy (non-hydrogen) atoms. The highest BCUT2D eigenvalue weighted by molar-refractivity contribution is 4.89.